The molecule has 0 N–H and O–H groups in total. The highest BCUT2D eigenvalue weighted by Gasteiger charge is 2.27. The minimum absolute atomic E-state index is 0.203. The lowest BCUT2D eigenvalue weighted by atomic mass is 10.0. The number of furan rings is 2. The van der Waals surface area contributed by atoms with Crippen LogP contribution in [0.15, 0.2) is 57.6 Å². The van der Waals surface area contributed by atoms with Crippen LogP contribution in [0, 0.1) is 13.8 Å². The maximum absolute atomic E-state index is 6.44. The zero-order chi connectivity index (χ0) is 47.5. The molecule has 19 nitrogen and oxygen atoms in total. The smallest absolute Gasteiger partial charge is 0.294 e. The van der Waals surface area contributed by atoms with Crippen molar-refractivity contribution in [2.45, 2.75) is 51.9 Å². The normalized spacial score (nSPS) is 15.8. The Morgan fingerprint density at radius 3 is 1.86 bits per heavy atom. The van der Waals surface area contributed by atoms with Gasteiger partial charge in [-0.1, -0.05) is 0 Å². The summed E-state index contributed by atoms with van der Waals surface area (Å²) in [5.41, 5.74) is 4.30. The first-order valence-electron chi connectivity index (χ1n) is 22.5. The summed E-state index contributed by atoms with van der Waals surface area (Å²) in [7, 11) is 4.82. The highest BCUT2D eigenvalue weighted by Crippen LogP contribution is 2.41. The Morgan fingerprint density at radius 2 is 1.24 bits per heavy atom. The van der Waals surface area contributed by atoms with E-state index in [1.165, 1.54) is 22.7 Å². The van der Waals surface area contributed by atoms with E-state index in [4.69, 9.17) is 61.7 Å². The van der Waals surface area contributed by atoms with Gasteiger partial charge >= 0.3 is 0 Å². The molecular weight excluding hydrogens is 979 g/mol. The van der Waals surface area contributed by atoms with Gasteiger partial charge in [-0.25, -0.2) is 29.0 Å². The van der Waals surface area contributed by atoms with Crippen LogP contribution >= 0.6 is 45.3 Å². The number of hydrogen-bond acceptors (Lipinski definition) is 21. The second kappa shape index (κ2) is 18.7. The minimum atomic E-state index is -0.203. The SMILES string of the molecule is COc1cc(OCc2nc(N3CCOC(COc4nn5cc(-c6cc7c(OCc8nc(C9CCOCC9)sc8C)cc(OC)cc7o6)nc5s4)C3)sc2C)c2cc(-c3cn4nc(OC)sc4n3)oc2c1. The first-order valence-corrected chi connectivity index (χ1v) is 25.8. The Hall–Kier alpha value is -6.50. The zero-order valence-corrected chi connectivity index (χ0v) is 41.9. The average molecular weight is 1020 g/mol. The number of nitrogens with zero attached hydrogens (tertiary/aromatic N) is 9. The summed E-state index contributed by atoms with van der Waals surface area (Å²) >= 11 is 6.07. The van der Waals surface area contributed by atoms with E-state index in [1.54, 1.807) is 53.0 Å². The highest BCUT2D eigenvalue weighted by atomic mass is 32.1. The molecule has 0 spiro atoms. The Labute approximate surface area is 415 Å². The van der Waals surface area contributed by atoms with Gasteiger partial charge in [-0.05, 0) is 61.5 Å². The van der Waals surface area contributed by atoms with Crippen molar-refractivity contribution in [1.82, 2.24) is 39.2 Å². The topological polar surface area (TPSA) is 190 Å². The van der Waals surface area contributed by atoms with Crippen molar-refractivity contribution < 1.29 is 46.7 Å². The second-order valence-corrected chi connectivity index (χ2v) is 21.0. The predicted molar refractivity (Wildman–Crippen MR) is 264 cm³/mol. The van der Waals surface area contributed by atoms with Crippen LogP contribution in [-0.4, -0.2) is 106 Å². The van der Waals surface area contributed by atoms with Gasteiger partial charge in [0.2, 0.25) is 9.92 Å². The van der Waals surface area contributed by atoms with Crippen LogP contribution in [0.2, 0.25) is 0 Å². The quantitative estimate of drug-likeness (QED) is 0.0888. The zero-order valence-electron chi connectivity index (χ0n) is 38.6. The fourth-order valence-corrected chi connectivity index (χ4v) is 12.0. The molecule has 2 aromatic carbocycles. The van der Waals surface area contributed by atoms with E-state index in [9.17, 15) is 0 Å². The molecule has 0 bridgehead atoms. The molecule has 2 aliphatic rings. The van der Waals surface area contributed by atoms with E-state index >= 15 is 0 Å². The van der Waals surface area contributed by atoms with E-state index in [0.29, 0.717) is 116 Å². The number of rotatable bonds is 16. The van der Waals surface area contributed by atoms with E-state index in [0.717, 1.165) is 68.1 Å². The fourth-order valence-electron chi connectivity index (χ4n) is 8.47. The third-order valence-corrected chi connectivity index (χ3v) is 16.2. The molecule has 362 valence electrons. The summed E-state index contributed by atoms with van der Waals surface area (Å²) in [6, 6.07) is 11.3. The molecule has 23 heteroatoms. The van der Waals surface area contributed by atoms with Gasteiger partial charge < -0.3 is 51.6 Å². The molecule has 10 heterocycles. The van der Waals surface area contributed by atoms with Gasteiger partial charge in [0.05, 0.1) is 67.5 Å². The molecule has 0 radical (unpaired) electrons. The molecular formula is C47H45N9O10S4. The van der Waals surface area contributed by atoms with Crippen molar-refractivity contribution in [3.63, 3.8) is 0 Å². The molecule has 12 rings (SSSR count). The van der Waals surface area contributed by atoms with Crippen LogP contribution in [0.4, 0.5) is 5.13 Å². The van der Waals surface area contributed by atoms with Crippen LogP contribution in [-0.2, 0) is 22.7 Å². The molecule has 1 atom stereocenters. The highest BCUT2D eigenvalue weighted by molar-refractivity contribution is 7.18. The Bertz CT molecular complexity index is 3440. The van der Waals surface area contributed by atoms with Crippen LogP contribution in [0.1, 0.15) is 44.9 Å². The molecule has 0 amide bonds. The van der Waals surface area contributed by atoms with Gasteiger partial charge in [0, 0.05) is 66.2 Å². The lowest BCUT2D eigenvalue weighted by Gasteiger charge is -2.32. The summed E-state index contributed by atoms with van der Waals surface area (Å²) in [5.74, 6) is 4.09. The van der Waals surface area contributed by atoms with Gasteiger partial charge in [-0.15, -0.1) is 32.9 Å². The number of methoxy groups -OCH3 is 3. The number of aryl methyl sites for hydroxylation is 2. The standard InChI is InChI=1S/C47H45N9O10S4/c1-24-34(48-42(67-24)26-6-9-60-10-7-26)22-62-36-12-27(57-3)14-38-30(36)16-41(66-38)33-20-56-45(50-33)70-47(53-56)64-21-29-18-54(8-11-61-29)43-51-35(25(2)68-43)23-63-37-13-28(58-4)15-39-31(37)17-40(65-39)32-19-55-44(49-32)69-46(52-55)59-5/h12-17,19-20,26,29H,6-11,18,21-23H2,1-5H3. The van der Waals surface area contributed by atoms with E-state index in [-0.39, 0.29) is 12.7 Å². The van der Waals surface area contributed by atoms with Gasteiger partial charge in [0.25, 0.3) is 10.4 Å². The monoisotopic (exact) mass is 1020 g/mol. The number of fused-ring (bicyclic) bond motifs is 4. The lowest BCUT2D eigenvalue weighted by molar-refractivity contribution is 0.00999. The Morgan fingerprint density at radius 1 is 0.643 bits per heavy atom. The lowest BCUT2D eigenvalue weighted by Crippen LogP contribution is -2.45. The van der Waals surface area contributed by atoms with Crippen LogP contribution in [0.25, 0.3) is 54.8 Å². The van der Waals surface area contributed by atoms with Crippen molar-refractivity contribution in [3.8, 4) is 56.3 Å². The largest absolute Gasteiger partial charge is 0.496 e. The summed E-state index contributed by atoms with van der Waals surface area (Å²) < 4.78 is 63.1. The number of aromatic nitrogens is 8. The van der Waals surface area contributed by atoms with Gasteiger partial charge in [0.1, 0.15) is 71.5 Å². The van der Waals surface area contributed by atoms with Crippen molar-refractivity contribution in [2.75, 3.05) is 65.7 Å². The van der Waals surface area contributed by atoms with Crippen molar-refractivity contribution in [1.29, 1.82) is 0 Å². The Kier molecular flexibility index (Phi) is 11.9. The van der Waals surface area contributed by atoms with Crippen LogP contribution in [0.3, 0.4) is 0 Å². The van der Waals surface area contributed by atoms with Gasteiger partial charge in [-0.3, -0.25) is 0 Å². The summed E-state index contributed by atoms with van der Waals surface area (Å²) in [6.07, 6.45) is 5.43. The number of morpholine rings is 1. The molecule has 2 saturated heterocycles. The van der Waals surface area contributed by atoms with Crippen molar-refractivity contribution in [2.24, 2.45) is 0 Å². The first kappa shape index (κ1) is 44.7. The number of thiazole rings is 2. The van der Waals surface area contributed by atoms with Crippen LogP contribution in [0.5, 0.6) is 33.4 Å². The van der Waals surface area contributed by atoms with E-state index < -0.39 is 0 Å². The molecule has 0 saturated carbocycles. The van der Waals surface area contributed by atoms with E-state index in [1.807, 2.05) is 48.8 Å². The molecule has 10 aromatic rings. The molecule has 70 heavy (non-hydrogen) atoms. The molecule has 1 unspecified atom stereocenters. The summed E-state index contributed by atoms with van der Waals surface area (Å²) in [5, 5.41) is 13.7. The minimum Gasteiger partial charge on any atom is -0.496 e. The van der Waals surface area contributed by atoms with Crippen molar-refractivity contribution in [3.05, 3.63) is 74.9 Å². The van der Waals surface area contributed by atoms with Gasteiger partial charge in [0.15, 0.2) is 16.7 Å². The number of imidazole rings is 2. The Balaban J connectivity index is 0.681. The maximum atomic E-state index is 6.44. The number of hydrogen-bond donors (Lipinski definition) is 0. The molecule has 2 fully saturated rings. The fraction of sp³-hybridized carbons (Fsp3) is 0.362. The first-order chi connectivity index (χ1) is 34.2. The van der Waals surface area contributed by atoms with E-state index in [2.05, 4.69) is 33.9 Å². The summed E-state index contributed by atoms with van der Waals surface area (Å²) in [4.78, 5) is 25.3. The van der Waals surface area contributed by atoms with Crippen molar-refractivity contribution >= 4 is 82.3 Å². The summed E-state index contributed by atoms with van der Waals surface area (Å²) in [6.45, 7) is 8.45. The van der Waals surface area contributed by atoms with Crippen LogP contribution < -0.4 is 33.3 Å². The number of anilines is 1. The van der Waals surface area contributed by atoms with Gasteiger partial charge in [-0.2, -0.15) is 0 Å². The molecule has 8 aromatic heterocycles. The number of benzene rings is 2. The maximum Gasteiger partial charge on any atom is 0.294 e. The third-order valence-electron chi connectivity index (χ3n) is 12.2. The number of ether oxygens (including phenoxy) is 8. The second-order valence-electron chi connectivity index (χ2n) is 16.7. The average Bonchev–Trinajstić information content (AvgIpc) is 4.25. The molecule has 2 aliphatic heterocycles. The molecule has 0 aliphatic carbocycles. The predicted octanol–water partition coefficient (Wildman–Crippen LogP) is 9.61. The third kappa shape index (κ3) is 8.74.